The standard InChI is InChI=1S/C21H20N2O3/c1-14(2)26-17-10-8-16(9-11-17)23-21(25)19-18(12-13-22-20(19)24)15-6-4-3-5-7-15/h3-14H,1-2H3,(H,22,24)(H,23,25). The zero-order chi connectivity index (χ0) is 18.5. The first-order valence-corrected chi connectivity index (χ1v) is 8.40. The average Bonchev–Trinajstić information content (AvgIpc) is 2.63. The Morgan fingerprint density at radius 3 is 2.35 bits per heavy atom. The Hall–Kier alpha value is -3.34. The number of hydrogen-bond donors (Lipinski definition) is 2. The normalized spacial score (nSPS) is 10.6. The van der Waals surface area contributed by atoms with Gasteiger partial charge in [0.15, 0.2) is 0 Å². The summed E-state index contributed by atoms with van der Waals surface area (Å²) in [7, 11) is 0. The fraction of sp³-hybridized carbons (Fsp3) is 0.143. The van der Waals surface area contributed by atoms with Crippen LogP contribution in [0.15, 0.2) is 71.7 Å². The van der Waals surface area contributed by atoms with Crippen LogP contribution in [0.2, 0.25) is 0 Å². The molecule has 3 rings (SSSR count). The number of H-pyrrole nitrogens is 1. The molecular weight excluding hydrogens is 328 g/mol. The molecule has 0 aliphatic carbocycles. The molecule has 0 radical (unpaired) electrons. The number of benzene rings is 2. The van der Waals surface area contributed by atoms with Crippen molar-refractivity contribution < 1.29 is 9.53 Å². The minimum absolute atomic E-state index is 0.0757. The zero-order valence-electron chi connectivity index (χ0n) is 14.7. The smallest absolute Gasteiger partial charge is 0.261 e. The van der Waals surface area contributed by atoms with Crippen molar-refractivity contribution in [2.75, 3.05) is 5.32 Å². The number of pyridine rings is 1. The number of carbonyl (C=O) groups excluding carboxylic acids is 1. The van der Waals surface area contributed by atoms with E-state index in [2.05, 4.69) is 10.3 Å². The second-order valence-corrected chi connectivity index (χ2v) is 6.11. The van der Waals surface area contributed by atoms with Crippen LogP contribution in [-0.2, 0) is 0 Å². The summed E-state index contributed by atoms with van der Waals surface area (Å²) >= 11 is 0. The number of hydrogen-bond acceptors (Lipinski definition) is 3. The molecule has 0 saturated carbocycles. The topological polar surface area (TPSA) is 71.2 Å². The van der Waals surface area contributed by atoms with Crippen LogP contribution in [-0.4, -0.2) is 17.0 Å². The van der Waals surface area contributed by atoms with Crippen LogP contribution < -0.4 is 15.6 Å². The summed E-state index contributed by atoms with van der Waals surface area (Å²) in [6, 6.07) is 18.1. The Balaban J connectivity index is 1.88. The van der Waals surface area contributed by atoms with E-state index in [1.54, 1.807) is 36.5 Å². The van der Waals surface area contributed by atoms with Gasteiger partial charge < -0.3 is 15.0 Å². The second-order valence-electron chi connectivity index (χ2n) is 6.11. The number of rotatable bonds is 5. The number of carbonyl (C=O) groups is 1. The van der Waals surface area contributed by atoms with Gasteiger partial charge in [-0.05, 0) is 49.7 Å². The van der Waals surface area contributed by atoms with Gasteiger partial charge in [0.05, 0.1) is 6.10 Å². The Kier molecular flexibility index (Phi) is 5.17. The molecule has 0 spiro atoms. The lowest BCUT2D eigenvalue weighted by Crippen LogP contribution is -2.24. The van der Waals surface area contributed by atoms with Gasteiger partial charge in [0.2, 0.25) is 0 Å². The predicted molar refractivity (Wildman–Crippen MR) is 103 cm³/mol. The molecular formula is C21H20N2O3. The van der Waals surface area contributed by atoms with Crippen molar-refractivity contribution in [3.8, 4) is 16.9 Å². The van der Waals surface area contributed by atoms with E-state index in [0.717, 1.165) is 11.3 Å². The average molecular weight is 348 g/mol. The van der Waals surface area contributed by atoms with Crippen molar-refractivity contribution in [1.82, 2.24) is 4.98 Å². The second kappa shape index (κ2) is 7.70. The van der Waals surface area contributed by atoms with Gasteiger partial charge in [0.1, 0.15) is 11.3 Å². The largest absolute Gasteiger partial charge is 0.491 e. The van der Waals surface area contributed by atoms with Crippen LogP contribution in [0.1, 0.15) is 24.2 Å². The van der Waals surface area contributed by atoms with Crippen LogP contribution in [0, 0.1) is 0 Å². The van der Waals surface area contributed by atoms with Crippen LogP contribution in [0.25, 0.3) is 11.1 Å². The fourth-order valence-electron chi connectivity index (χ4n) is 2.64. The van der Waals surface area contributed by atoms with Gasteiger partial charge in [-0.2, -0.15) is 0 Å². The fourth-order valence-corrected chi connectivity index (χ4v) is 2.64. The summed E-state index contributed by atoms with van der Waals surface area (Å²) in [5, 5.41) is 2.78. The van der Waals surface area contributed by atoms with Gasteiger partial charge in [-0.15, -0.1) is 0 Å². The quantitative estimate of drug-likeness (QED) is 0.730. The van der Waals surface area contributed by atoms with E-state index in [0.29, 0.717) is 11.3 Å². The third-order valence-electron chi connectivity index (χ3n) is 3.76. The summed E-state index contributed by atoms with van der Waals surface area (Å²) in [6.45, 7) is 3.89. The number of anilines is 1. The van der Waals surface area contributed by atoms with Crippen molar-refractivity contribution >= 4 is 11.6 Å². The molecule has 0 atom stereocenters. The summed E-state index contributed by atoms with van der Waals surface area (Å²) in [5.41, 5.74) is 1.65. The monoisotopic (exact) mass is 348 g/mol. The van der Waals surface area contributed by atoms with E-state index in [4.69, 9.17) is 4.74 Å². The number of ether oxygens (including phenoxy) is 1. The maximum Gasteiger partial charge on any atom is 0.261 e. The zero-order valence-corrected chi connectivity index (χ0v) is 14.7. The molecule has 26 heavy (non-hydrogen) atoms. The maximum absolute atomic E-state index is 12.7. The van der Waals surface area contributed by atoms with Crippen LogP contribution in [0.3, 0.4) is 0 Å². The van der Waals surface area contributed by atoms with E-state index >= 15 is 0 Å². The van der Waals surface area contributed by atoms with Crippen LogP contribution >= 0.6 is 0 Å². The van der Waals surface area contributed by atoms with E-state index in [-0.39, 0.29) is 11.7 Å². The molecule has 0 fully saturated rings. The number of aromatic amines is 1. The molecule has 0 saturated heterocycles. The van der Waals surface area contributed by atoms with E-state index < -0.39 is 11.5 Å². The van der Waals surface area contributed by atoms with Gasteiger partial charge in [0.25, 0.3) is 11.5 Å². The van der Waals surface area contributed by atoms with Crippen molar-refractivity contribution in [3.63, 3.8) is 0 Å². The Morgan fingerprint density at radius 2 is 1.69 bits per heavy atom. The highest BCUT2D eigenvalue weighted by Gasteiger charge is 2.17. The highest BCUT2D eigenvalue weighted by atomic mass is 16.5. The first-order valence-electron chi connectivity index (χ1n) is 8.40. The van der Waals surface area contributed by atoms with Crippen molar-refractivity contribution in [1.29, 1.82) is 0 Å². The lowest BCUT2D eigenvalue weighted by molar-refractivity contribution is 0.102. The van der Waals surface area contributed by atoms with E-state index in [1.807, 2.05) is 44.2 Å². The van der Waals surface area contributed by atoms with Gasteiger partial charge in [0, 0.05) is 17.4 Å². The van der Waals surface area contributed by atoms with Crippen molar-refractivity contribution in [2.24, 2.45) is 0 Å². The molecule has 0 bridgehead atoms. The Bertz CT molecular complexity index is 945. The predicted octanol–water partition coefficient (Wildman–Crippen LogP) is 4.08. The van der Waals surface area contributed by atoms with Gasteiger partial charge >= 0.3 is 0 Å². The van der Waals surface area contributed by atoms with Gasteiger partial charge in [-0.25, -0.2) is 0 Å². The summed E-state index contributed by atoms with van der Waals surface area (Å²) in [5.74, 6) is 0.267. The van der Waals surface area contributed by atoms with Gasteiger partial charge in [-0.1, -0.05) is 30.3 Å². The third-order valence-corrected chi connectivity index (χ3v) is 3.76. The SMILES string of the molecule is CC(C)Oc1ccc(NC(=O)c2c(-c3ccccc3)cc[nH]c2=O)cc1. The minimum Gasteiger partial charge on any atom is -0.491 e. The molecule has 1 aromatic heterocycles. The Labute approximate surface area is 151 Å². The summed E-state index contributed by atoms with van der Waals surface area (Å²) in [6.07, 6.45) is 1.62. The highest BCUT2D eigenvalue weighted by molar-refractivity contribution is 6.08. The highest BCUT2D eigenvalue weighted by Crippen LogP contribution is 2.22. The molecule has 5 heteroatoms. The van der Waals surface area contributed by atoms with E-state index in [9.17, 15) is 9.59 Å². The van der Waals surface area contributed by atoms with Crippen molar-refractivity contribution in [3.05, 3.63) is 82.8 Å². The molecule has 0 aliphatic heterocycles. The molecule has 5 nitrogen and oxygen atoms in total. The Morgan fingerprint density at radius 1 is 1.00 bits per heavy atom. The first kappa shape index (κ1) is 17.5. The molecule has 0 aliphatic rings. The van der Waals surface area contributed by atoms with Crippen LogP contribution in [0.4, 0.5) is 5.69 Å². The lowest BCUT2D eigenvalue weighted by atomic mass is 10.0. The third kappa shape index (κ3) is 4.00. The molecule has 3 aromatic rings. The molecule has 0 unspecified atom stereocenters. The number of aromatic nitrogens is 1. The van der Waals surface area contributed by atoms with Crippen LogP contribution in [0.5, 0.6) is 5.75 Å². The van der Waals surface area contributed by atoms with Crippen molar-refractivity contribution in [2.45, 2.75) is 20.0 Å². The summed E-state index contributed by atoms with van der Waals surface area (Å²) < 4.78 is 5.59. The molecule has 132 valence electrons. The maximum atomic E-state index is 12.7. The molecule has 1 amide bonds. The molecule has 2 N–H and O–H groups in total. The minimum atomic E-state index is -0.455. The first-order chi connectivity index (χ1) is 12.5. The summed E-state index contributed by atoms with van der Waals surface area (Å²) in [4.78, 5) is 27.6. The number of amides is 1. The molecule has 2 aromatic carbocycles. The van der Waals surface area contributed by atoms with E-state index in [1.165, 1.54) is 0 Å². The van der Waals surface area contributed by atoms with Gasteiger partial charge in [-0.3, -0.25) is 9.59 Å². The lowest BCUT2D eigenvalue weighted by Gasteiger charge is -2.12. The molecule has 1 heterocycles. The number of nitrogens with one attached hydrogen (secondary N) is 2.